The van der Waals surface area contributed by atoms with E-state index in [0.717, 1.165) is 10.9 Å². The van der Waals surface area contributed by atoms with E-state index in [1.165, 1.54) is 24.2 Å². The number of hydrogen-bond acceptors (Lipinski definition) is 5. The molecule has 1 aromatic heterocycles. The predicted octanol–water partition coefficient (Wildman–Crippen LogP) is 1.91. The number of carbonyl (C=O) groups is 1. The molecule has 1 unspecified atom stereocenters. The summed E-state index contributed by atoms with van der Waals surface area (Å²) < 4.78 is 5.30. The molecule has 1 amide bonds. The summed E-state index contributed by atoms with van der Waals surface area (Å²) in [5.74, 6) is 1.12. The van der Waals surface area contributed by atoms with Gasteiger partial charge in [-0.3, -0.25) is 4.79 Å². The van der Waals surface area contributed by atoms with Gasteiger partial charge in [0, 0.05) is 13.1 Å². The maximum Gasteiger partial charge on any atom is 0.263 e. The Morgan fingerprint density at radius 1 is 1.56 bits per heavy atom. The first-order valence-corrected chi connectivity index (χ1v) is 6.85. The fourth-order valence-corrected chi connectivity index (χ4v) is 3.06. The number of rotatable bonds is 5. The van der Waals surface area contributed by atoms with Gasteiger partial charge >= 0.3 is 0 Å². The van der Waals surface area contributed by atoms with Gasteiger partial charge < -0.3 is 21.1 Å². The van der Waals surface area contributed by atoms with Crippen molar-refractivity contribution < 1.29 is 9.53 Å². The van der Waals surface area contributed by atoms with Crippen molar-refractivity contribution in [3.8, 4) is 5.75 Å². The van der Waals surface area contributed by atoms with Crippen LogP contribution in [-0.2, 0) is 0 Å². The van der Waals surface area contributed by atoms with Crippen LogP contribution in [0.1, 0.15) is 29.4 Å². The summed E-state index contributed by atoms with van der Waals surface area (Å²) in [7, 11) is 3.16. The van der Waals surface area contributed by atoms with Crippen LogP contribution in [0.25, 0.3) is 0 Å². The van der Waals surface area contributed by atoms with E-state index in [0.29, 0.717) is 22.4 Å². The average Bonchev–Trinajstić information content (AvgIpc) is 3.15. The standard InChI is InChI=1S/C12H19N3O2S/c1-6(7-4-5-7)15-12-9(17-3)8(13)10(18-12)11(16)14-2/h6-7,15H,4-5,13H2,1-3H3,(H,14,16). The Morgan fingerprint density at radius 2 is 2.22 bits per heavy atom. The van der Waals surface area contributed by atoms with E-state index in [1.807, 2.05) is 0 Å². The molecule has 1 aliphatic carbocycles. The normalized spacial score (nSPS) is 16.2. The van der Waals surface area contributed by atoms with Crippen molar-refractivity contribution in [2.24, 2.45) is 5.92 Å². The molecule has 1 aliphatic rings. The minimum absolute atomic E-state index is 0.178. The first-order chi connectivity index (χ1) is 8.58. The molecule has 1 saturated carbocycles. The largest absolute Gasteiger partial charge is 0.492 e. The van der Waals surface area contributed by atoms with Crippen molar-refractivity contribution in [3.63, 3.8) is 0 Å². The van der Waals surface area contributed by atoms with E-state index in [2.05, 4.69) is 17.6 Å². The van der Waals surface area contributed by atoms with Gasteiger partial charge in [0.05, 0.1) is 7.11 Å². The molecule has 2 rings (SSSR count). The molecular weight excluding hydrogens is 250 g/mol. The van der Waals surface area contributed by atoms with Gasteiger partial charge in [0.1, 0.15) is 15.6 Å². The first-order valence-electron chi connectivity index (χ1n) is 6.03. The van der Waals surface area contributed by atoms with Gasteiger partial charge in [-0.25, -0.2) is 0 Å². The molecule has 0 saturated heterocycles. The van der Waals surface area contributed by atoms with Crippen LogP contribution in [0.5, 0.6) is 5.75 Å². The number of ether oxygens (including phenoxy) is 1. The van der Waals surface area contributed by atoms with Crippen LogP contribution in [-0.4, -0.2) is 26.1 Å². The number of nitrogens with two attached hydrogens (primary N) is 1. The summed E-state index contributed by atoms with van der Waals surface area (Å²) in [6.45, 7) is 2.15. The molecule has 0 aromatic carbocycles. The zero-order chi connectivity index (χ0) is 13.3. The lowest BCUT2D eigenvalue weighted by molar-refractivity contribution is 0.0967. The van der Waals surface area contributed by atoms with Gasteiger partial charge in [-0.1, -0.05) is 0 Å². The third-order valence-corrected chi connectivity index (χ3v) is 4.34. The van der Waals surface area contributed by atoms with E-state index in [1.54, 1.807) is 14.2 Å². The number of carbonyl (C=O) groups excluding carboxylic acids is 1. The number of anilines is 2. The molecule has 0 bridgehead atoms. The second kappa shape index (κ2) is 5.06. The fourth-order valence-electron chi connectivity index (χ4n) is 1.93. The highest BCUT2D eigenvalue weighted by molar-refractivity contribution is 7.19. The van der Waals surface area contributed by atoms with Crippen molar-refractivity contribution in [1.82, 2.24) is 5.32 Å². The van der Waals surface area contributed by atoms with Crippen molar-refractivity contribution in [3.05, 3.63) is 4.88 Å². The van der Waals surface area contributed by atoms with E-state index < -0.39 is 0 Å². The monoisotopic (exact) mass is 269 g/mol. The second-order valence-electron chi connectivity index (χ2n) is 4.56. The molecule has 6 heteroatoms. The Bertz CT molecular complexity index is 454. The number of nitrogen functional groups attached to an aromatic ring is 1. The molecule has 1 heterocycles. The highest BCUT2D eigenvalue weighted by atomic mass is 32.1. The van der Waals surface area contributed by atoms with Crippen molar-refractivity contribution >= 4 is 27.9 Å². The van der Waals surface area contributed by atoms with Crippen LogP contribution >= 0.6 is 11.3 Å². The summed E-state index contributed by atoms with van der Waals surface area (Å²) in [5, 5.41) is 6.82. The molecule has 5 nitrogen and oxygen atoms in total. The molecule has 0 aliphatic heterocycles. The van der Waals surface area contributed by atoms with E-state index in [9.17, 15) is 4.79 Å². The fraction of sp³-hybridized carbons (Fsp3) is 0.583. The third kappa shape index (κ3) is 2.38. The van der Waals surface area contributed by atoms with Gasteiger partial charge in [-0.05, 0) is 25.7 Å². The van der Waals surface area contributed by atoms with E-state index in [4.69, 9.17) is 10.5 Å². The number of hydrogen-bond donors (Lipinski definition) is 3. The van der Waals surface area contributed by atoms with Crippen LogP contribution in [0.3, 0.4) is 0 Å². The van der Waals surface area contributed by atoms with Crippen molar-refractivity contribution in [2.75, 3.05) is 25.2 Å². The number of amides is 1. The zero-order valence-corrected chi connectivity index (χ0v) is 11.7. The lowest BCUT2D eigenvalue weighted by Gasteiger charge is -2.13. The van der Waals surface area contributed by atoms with Gasteiger partial charge in [0.2, 0.25) is 0 Å². The Morgan fingerprint density at radius 3 is 2.72 bits per heavy atom. The highest BCUT2D eigenvalue weighted by Gasteiger charge is 2.30. The Hall–Kier alpha value is -1.43. The molecule has 1 aromatic rings. The highest BCUT2D eigenvalue weighted by Crippen LogP contribution is 2.44. The minimum atomic E-state index is -0.178. The van der Waals surface area contributed by atoms with Crippen molar-refractivity contribution in [1.29, 1.82) is 0 Å². The summed E-state index contributed by atoms with van der Waals surface area (Å²) in [5.41, 5.74) is 6.35. The molecule has 1 fully saturated rings. The molecule has 1 atom stereocenters. The van der Waals surface area contributed by atoms with Gasteiger partial charge in [0.25, 0.3) is 5.91 Å². The number of thiophene rings is 1. The molecule has 100 valence electrons. The molecule has 0 spiro atoms. The van der Waals surface area contributed by atoms with E-state index >= 15 is 0 Å². The summed E-state index contributed by atoms with van der Waals surface area (Å²) >= 11 is 1.34. The SMILES string of the molecule is CNC(=O)c1sc(NC(C)C2CC2)c(OC)c1N. The number of methoxy groups -OCH3 is 1. The Balaban J connectivity index is 2.25. The third-order valence-electron chi connectivity index (χ3n) is 3.22. The van der Waals surface area contributed by atoms with Crippen LogP contribution < -0.4 is 21.1 Å². The summed E-state index contributed by atoms with van der Waals surface area (Å²) in [6.07, 6.45) is 2.53. The number of nitrogens with one attached hydrogen (secondary N) is 2. The summed E-state index contributed by atoms with van der Waals surface area (Å²) in [6, 6.07) is 0.384. The molecule has 0 radical (unpaired) electrons. The summed E-state index contributed by atoms with van der Waals surface area (Å²) in [4.78, 5) is 12.2. The lowest BCUT2D eigenvalue weighted by atomic mass is 10.2. The minimum Gasteiger partial charge on any atom is -0.492 e. The van der Waals surface area contributed by atoms with Gasteiger partial charge in [-0.15, -0.1) is 11.3 Å². The van der Waals surface area contributed by atoms with Gasteiger partial charge in [-0.2, -0.15) is 0 Å². The maximum absolute atomic E-state index is 11.7. The lowest BCUT2D eigenvalue weighted by Crippen LogP contribution is -2.17. The van der Waals surface area contributed by atoms with Crippen LogP contribution in [0.2, 0.25) is 0 Å². The zero-order valence-electron chi connectivity index (χ0n) is 10.9. The second-order valence-corrected chi connectivity index (χ2v) is 5.58. The molecular formula is C12H19N3O2S. The van der Waals surface area contributed by atoms with E-state index in [-0.39, 0.29) is 5.91 Å². The topological polar surface area (TPSA) is 76.4 Å². The van der Waals surface area contributed by atoms with Crippen LogP contribution in [0.4, 0.5) is 10.7 Å². The quantitative estimate of drug-likeness (QED) is 0.763. The predicted molar refractivity (Wildman–Crippen MR) is 74.5 cm³/mol. The smallest absolute Gasteiger partial charge is 0.263 e. The molecule has 4 N–H and O–H groups in total. The average molecular weight is 269 g/mol. The maximum atomic E-state index is 11.7. The Kier molecular flexibility index (Phi) is 3.65. The molecule has 18 heavy (non-hydrogen) atoms. The Labute approximate surface area is 111 Å². The van der Waals surface area contributed by atoms with Crippen LogP contribution in [0, 0.1) is 5.92 Å². The first kappa shape index (κ1) is 13.0. The van der Waals surface area contributed by atoms with Crippen molar-refractivity contribution in [2.45, 2.75) is 25.8 Å². The van der Waals surface area contributed by atoms with Gasteiger partial charge in [0.15, 0.2) is 5.75 Å². The van der Waals surface area contributed by atoms with Crippen LogP contribution in [0.15, 0.2) is 0 Å².